The summed E-state index contributed by atoms with van der Waals surface area (Å²) in [4.78, 5) is 12.2. The summed E-state index contributed by atoms with van der Waals surface area (Å²) in [7, 11) is 1.85. The number of nitrogens with zero attached hydrogens (tertiary/aromatic N) is 1. The number of anilines is 3. The first-order valence-electron chi connectivity index (χ1n) is 8.31. The summed E-state index contributed by atoms with van der Waals surface area (Å²) in [6.07, 6.45) is 0. The molecule has 0 unspecified atom stereocenters. The van der Waals surface area contributed by atoms with Gasteiger partial charge in [0.25, 0.3) is 5.91 Å². The first kappa shape index (κ1) is 19.9. The lowest BCUT2D eigenvalue weighted by atomic mass is 10.2. The molecule has 3 aromatic carbocycles. The van der Waals surface area contributed by atoms with E-state index in [0.717, 1.165) is 23.6 Å². The van der Waals surface area contributed by atoms with E-state index < -0.39 is 0 Å². The number of rotatable bonds is 7. The number of carbonyl (C=O) groups excluding carboxylic acids is 1. The molecular weight excluding hydrogens is 398 g/mol. The number of amides is 1. The van der Waals surface area contributed by atoms with Gasteiger partial charge in [0.2, 0.25) is 0 Å². The first-order valence-corrected chi connectivity index (χ1v) is 9.39. The fourth-order valence-corrected chi connectivity index (χ4v) is 2.98. The molecular formula is C20H18ClN3O3S. The SMILES string of the molecule is CN(SONc1cccc(Cl)c1)c1ccc(NC(=O)c2ccccc2O)cc1. The highest BCUT2D eigenvalue weighted by molar-refractivity contribution is 7.96. The zero-order valence-corrected chi connectivity index (χ0v) is 16.5. The van der Waals surface area contributed by atoms with Crippen LogP contribution >= 0.6 is 23.8 Å². The zero-order chi connectivity index (χ0) is 19.9. The molecule has 0 spiro atoms. The number of nitrogens with one attached hydrogen (secondary N) is 2. The van der Waals surface area contributed by atoms with Gasteiger partial charge in [-0.05, 0) is 54.6 Å². The molecule has 1 amide bonds. The maximum Gasteiger partial charge on any atom is 0.259 e. The van der Waals surface area contributed by atoms with E-state index in [9.17, 15) is 9.90 Å². The summed E-state index contributed by atoms with van der Waals surface area (Å²) < 4.78 is 7.20. The Morgan fingerprint density at radius 2 is 1.79 bits per heavy atom. The second-order valence-corrected chi connectivity index (χ2v) is 7.09. The van der Waals surface area contributed by atoms with Crippen LogP contribution in [0.4, 0.5) is 17.1 Å². The predicted molar refractivity (Wildman–Crippen MR) is 115 cm³/mol. The Labute approximate surface area is 172 Å². The van der Waals surface area contributed by atoms with Crippen LogP contribution in [0.5, 0.6) is 5.75 Å². The van der Waals surface area contributed by atoms with Gasteiger partial charge < -0.3 is 10.4 Å². The number of aromatic hydroxyl groups is 1. The Balaban J connectivity index is 1.53. The van der Waals surface area contributed by atoms with Gasteiger partial charge in [-0.1, -0.05) is 29.8 Å². The molecule has 0 atom stereocenters. The smallest absolute Gasteiger partial charge is 0.259 e. The van der Waals surface area contributed by atoms with Gasteiger partial charge in [0, 0.05) is 23.4 Å². The summed E-state index contributed by atoms with van der Waals surface area (Å²) in [5.74, 6) is -0.431. The van der Waals surface area contributed by atoms with Gasteiger partial charge in [0.05, 0.1) is 11.3 Å². The van der Waals surface area contributed by atoms with Crippen LogP contribution in [0.2, 0.25) is 5.02 Å². The summed E-state index contributed by atoms with van der Waals surface area (Å²) in [5, 5.41) is 13.1. The van der Waals surface area contributed by atoms with Gasteiger partial charge in [0.15, 0.2) is 0 Å². The van der Waals surface area contributed by atoms with Crippen LogP contribution in [0.15, 0.2) is 72.8 Å². The molecule has 0 aromatic heterocycles. The van der Waals surface area contributed by atoms with Crippen molar-refractivity contribution < 1.29 is 14.2 Å². The minimum Gasteiger partial charge on any atom is -0.507 e. The first-order chi connectivity index (χ1) is 13.5. The maximum absolute atomic E-state index is 12.2. The Kier molecular flexibility index (Phi) is 6.65. The van der Waals surface area contributed by atoms with Crippen molar-refractivity contribution in [3.05, 3.63) is 83.4 Å². The van der Waals surface area contributed by atoms with Gasteiger partial charge >= 0.3 is 0 Å². The Morgan fingerprint density at radius 3 is 2.50 bits per heavy atom. The molecule has 0 aliphatic rings. The number of halogens is 1. The molecule has 8 heteroatoms. The molecule has 144 valence electrons. The van der Waals surface area contributed by atoms with Crippen LogP contribution in [0.1, 0.15) is 10.4 Å². The maximum atomic E-state index is 12.2. The van der Waals surface area contributed by atoms with Crippen LogP contribution in [0.25, 0.3) is 0 Å². The van der Waals surface area contributed by atoms with Gasteiger partial charge in [-0.25, -0.2) is 0 Å². The lowest BCUT2D eigenvalue weighted by molar-refractivity contribution is 0.102. The Bertz CT molecular complexity index is 953. The van der Waals surface area contributed by atoms with Crippen molar-refractivity contribution in [2.24, 2.45) is 0 Å². The number of carbonyl (C=O) groups is 1. The highest BCUT2D eigenvalue weighted by Gasteiger charge is 2.11. The molecule has 28 heavy (non-hydrogen) atoms. The average Bonchev–Trinajstić information content (AvgIpc) is 2.69. The number of phenols is 1. The minimum atomic E-state index is -0.373. The van der Waals surface area contributed by atoms with E-state index in [1.165, 1.54) is 6.07 Å². The molecule has 0 aliphatic carbocycles. The van der Waals surface area contributed by atoms with Crippen molar-refractivity contribution in [1.29, 1.82) is 0 Å². The van der Waals surface area contributed by atoms with Crippen LogP contribution in [0, 0.1) is 0 Å². The highest BCUT2D eigenvalue weighted by Crippen LogP contribution is 2.25. The molecule has 0 heterocycles. The van der Waals surface area contributed by atoms with E-state index in [-0.39, 0.29) is 17.2 Å². The second-order valence-electron chi connectivity index (χ2n) is 5.79. The van der Waals surface area contributed by atoms with Crippen molar-refractivity contribution >= 4 is 46.8 Å². The Hall–Kier alpha value is -2.87. The number of para-hydroxylation sites is 1. The second kappa shape index (κ2) is 9.36. The molecule has 0 aliphatic heterocycles. The molecule has 3 rings (SSSR count). The Morgan fingerprint density at radius 1 is 1.04 bits per heavy atom. The largest absolute Gasteiger partial charge is 0.507 e. The van der Waals surface area contributed by atoms with Gasteiger partial charge in [0.1, 0.15) is 18.0 Å². The molecule has 0 saturated carbocycles. The van der Waals surface area contributed by atoms with Gasteiger partial charge in [-0.15, -0.1) is 0 Å². The molecule has 6 nitrogen and oxygen atoms in total. The zero-order valence-electron chi connectivity index (χ0n) is 14.9. The number of hydrogen-bond acceptors (Lipinski definition) is 6. The van der Waals surface area contributed by atoms with Crippen molar-refractivity contribution in [3.8, 4) is 5.75 Å². The topological polar surface area (TPSA) is 73.8 Å². The van der Waals surface area contributed by atoms with Gasteiger partial charge in [-0.3, -0.25) is 14.6 Å². The molecule has 3 N–H and O–H groups in total. The van der Waals surface area contributed by atoms with E-state index in [1.807, 2.05) is 35.6 Å². The lowest BCUT2D eigenvalue weighted by Crippen LogP contribution is -2.12. The summed E-state index contributed by atoms with van der Waals surface area (Å²) in [6.45, 7) is 0. The summed E-state index contributed by atoms with van der Waals surface area (Å²) >= 11 is 7.03. The van der Waals surface area contributed by atoms with E-state index in [0.29, 0.717) is 10.7 Å². The molecule has 0 fully saturated rings. The molecule has 0 radical (unpaired) electrons. The van der Waals surface area contributed by atoms with Crippen LogP contribution < -0.4 is 15.1 Å². The van der Waals surface area contributed by atoms with Crippen molar-refractivity contribution in [3.63, 3.8) is 0 Å². The third-order valence-corrected chi connectivity index (χ3v) is 4.60. The van der Waals surface area contributed by atoms with Gasteiger partial charge in [-0.2, -0.15) is 4.28 Å². The van der Waals surface area contributed by atoms with E-state index in [4.69, 9.17) is 15.9 Å². The average molecular weight is 416 g/mol. The van der Waals surface area contributed by atoms with E-state index in [1.54, 1.807) is 42.5 Å². The fraction of sp³-hybridized carbons (Fsp3) is 0.0500. The number of benzene rings is 3. The van der Waals surface area contributed by atoms with Crippen molar-refractivity contribution in [2.45, 2.75) is 0 Å². The van der Waals surface area contributed by atoms with Crippen molar-refractivity contribution in [1.82, 2.24) is 0 Å². The minimum absolute atomic E-state index is 0.0582. The highest BCUT2D eigenvalue weighted by atomic mass is 35.5. The number of phenolic OH excluding ortho intramolecular Hbond substituents is 1. The van der Waals surface area contributed by atoms with Crippen LogP contribution in [-0.2, 0) is 4.28 Å². The van der Waals surface area contributed by atoms with E-state index >= 15 is 0 Å². The molecule has 3 aromatic rings. The quantitative estimate of drug-likeness (QED) is 0.275. The third-order valence-electron chi connectivity index (χ3n) is 3.77. The van der Waals surface area contributed by atoms with E-state index in [2.05, 4.69) is 10.8 Å². The van der Waals surface area contributed by atoms with Crippen LogP contribution in [0.3, 0.4) is 0 Å². The summed E-state index contributed by atoms with van der Waals surface area (Å²) in [5.41, 5.74) is 5.26. The third kappa shape index (κ3) is 5.32. The lowest BCUT2D eigenvalue weighted by Gasteiger charge is -2.17. The normalized spacial score (nSPS) is 10.4. The predicted octanol–water partition coefficient (Wildman–Crippen LogP) is 5.34. The fourth-order valence-electron chi connectivity index (χ4n) is 2.34. The molecule has 0 saturated heterocycles. The summed E-state index contributed by atoms with van der Waals surface area (Å²) in [6, 6.07) is 20.8. The standard InChI is InChI=1S/C20H18ClN3O3S/c1-24(28-27-23-16-6-4-5-14(21)13-16)17-11-9-15(10-12-17)22-20(26)18-7-2-3-8-19(18)25/h2-13,23,25H,1H3,(H,22,26). The monoisotopic (exact) mass is 415 g/mol. The number of hydrogen-bond donors (Lipinski definition) is 3. The molecule has 0 bridgehead atoms. The van der Waals surface area contributed by atoms with Crippen molar-refractivity contribution in [2.75, 3.05) is 22.1 Å². The van der Waals surface area contributed by atoms with Crippen LogP contribution in [-0.4, -0.2) is 18.1 Å².